The standard InChI is InChI=1S/C10H11BrFNO/c11-9-7(12)4-3-6(10(9)14)8-2-1-5-13-8/h3-4,8,13-14H,1-2,5H2/t8-/m1/s1. The lowest BCUT2D eigenvalue weighted by molar-refractivity contribution is 0.446. The molecule has 0 amide bonds. The van der Waals surface area contributed by atoms with E-state index in [0.29, 0.717) is 0 Å². The van der Waals surface area contributed by atoms with Crippen molar-refractivity contribution in [3.63, 3.8) is 0 Å². The first-order valence-electron chi connectivity index (χ1n) is 4.60. The van der Waals surface area contributed by atoms with Crippen LogP contribution < -0.4 is 5.32 Å². The van der Waals surface area contributed by atoms with Crippen molar-refractivity contribution in [2.45, 2.75) is 18.9 Å². The van der Waals surface area contributed by atoms with Crippen LogP contribution in [0, 0.1) is 5.82 Å². The summed E-state index contributed by atoms with van der Waals surface area (Å²) in [5.74, 6) is -0.409. The number of phenols is 1. The van der Waals surface area contributed by atoms with Crippen LogP contribution in [0.25, 0.3) is 0 Å². The molecule has 1 aromatic carbocycles. The lowest BCUT2D eigenvalue weighted by atomic mass is 10.0. The van der Waals surface area contributed by atoms with E-state index >= 15 is 0 Å². The molecule has 0 bridgehead atoms. The summed E-state index contributed by atoms with van der Waals surface area (Å²) in [5.41, 5.74) is 0.774. The number of benzene rings is 1. The maximum Gasteiger partial charge on any atom is 0.141 e. The SMILES string of the molecule is Oc1c([C@H]2CCCN2)ccc(F)c1Br. The van der Waals surface area contributed by atoms with E-state index in [1.54, 1.807) is 6.07 Å². The second-order valence-corrected chi connectivity index (χ2v) is 4.24. The molecule has 0 spiro atoms. The third-order valence-electron chi connectivity index (χ3n) is 2.54. The number of nitrogens with one attached hydrogen (secondary N) is 1. The van der Waals surface area contributed by atoms with E-state index in [1.807, 2.05) is 0 Å². The van der Waals surface area contributed by atoms with Crippen LogP contribution in [-0.4, -0.2) is 11.7 Å². The van der Waals surface area contributed by atoms with Crippen LogP contribution in [0.3, 0.4) is 0 Å². The Bertz CT molecular complexity index is 350. The van der Waals surface area contributed by atoms with E-state index in [9.17, 15) is 9.50 Å². The molecule has 14 heavy (non-hydrogen) atoms. The van der Waals surface area contributed by atoms with E-state index in [-0.39, 0.29) is 16.3 Å². The van der Waals surface area contributed by atoms with E-state index < -0.39 is 5.82 Å². The molecule has 1 fully saturated rings. The molecule has 76 valence electrons. The van der Waals surface area contributed by atoms with Gasteiger partial charge in [0.15, 0.2) is 0 Å². The first-order valence-corrected chi connectivity index (χ1v) is 5.39. The van der Waals surface area contributed by atoms with Gasteiger partial charge >= 0.3 is 0 Å². The van der Waals surface area contributed by atoms with Crippen molar-refractivity contribution in [3.05, 3.63) is 28.0 Å². The molecule has 0 unspecified atom stereocenters. The summed E-state index contributed by atoms with van der Waals surface area (Å²) in [5, 5.41) is 13.0. The highest BCUT2D eigenvalue weighted by Gasteiger charge is 2.21. The fourth-order valence-corrected chi connectivity index (χ4v) is 2.15. The number of aromatic hydroxyl groups is 1. The Morgan fingerprint density at radius 1 is 1.50 bits per heavy atom. The Morgan fingerprint density at radius 2 is 2.29 bits per heavy atom. The normalized spacial score (nSPS) is 21.4. The maximum absolute atomic E-state index is 13.0. The molecule has 1 aliphatic rings. The molecular weight excluding hydrogens is 249 g/mol. The Labute approximate surface area is 90.3 Å². The molecule has 1 atom stereocenters. The molecule has 0 radical (unpaired) electrons. The van der Waals surface area contributed by atoms with Crippen LogP contribution >= 0.6 is 15.9 Å². The van der Waals surface area contributed by atoms with Gasteiger partial charge in [0.25, 0.3) is 0 Å². The van der Waals surface area contributed by atoms with Crippen LogP contribution in [0.1, 0.15) is 24.4 Å². The van der Waals surface area contributed by atoms with Crippen molar-refractivity contribution in [3.8, 4) is 5.75 Å². The van der Waals surface area contributed by atoms with Crippen molar-refractivity contribution in [1.82, 2.24) is 5.32 Å². The Morgan fingerprint density at radius 3 is 2.93 bits per heavy atom. The largest absolute Gasteiger partial charge is 0.506 e. The van der Waals surface area contributed by atoms with Gasteiger partial charge in [0.1, 0.15) is 11.6 Å². The highest BCUT2D eigenvalue weighted by atomic mass is 79.9. The molecular formula is C10H11BrFNO. The molecule has 1 aliphatic heterocycles. The van der Waals surface area contributed by atoms with Crippen LogP contribution in [0.2, 0.25) is 0 Å². The van der Waals surface area contributed by atoms with Crippen LogP contribution in [-0.2, 0) is 0 Å². The molecule has 1 heterocycles. The van der Waals surface area contributed by atoms with Crippen molar-refractivity contribution < 1.29 is 9.50 Å². The van der Waals surface area contributed by atoms with Gasteiger partial charge in [-0.3, -0.25) is 0 Å². The lowest BCUT2D eigenvalue weighted by Crippen LogP contribution is -2.13. The van der Waals surface area contributed by atoms with E-state index in [1.165, 1.54) is 6.07 Å². The number of halogens is 2. The predicted octanol–water partition coefficient (Wildman–Crippen LogP) is 2.72. The van der Waals surface area contributed by atoms with Crippen molar-refractivity contribution in [2.75, 3.05) is 6.54 Å². The highest BCUT2D eigenvalue weighted by molar-refractivity contribution is 9.10. The van der Waals surface area contributed by atoms with Crippen LogP contribution in [0.5, 0.6) is 5.75 Å². The van der Waals surface area contributed by atoms with Gasteiger partial charge in [-0.25, -0.2) is 4.39 Å². The van der Waals surface area contributed by atoms with Gasteiger partial charge in [0.05, 0.1) is 4.47 Å². The summed E-state index contributed by atoms with van der Waals surface area (Å²) in [7, 11) is 0. The zero-order chi connectivity index (χ0) is 10.1. The quantitative estimate of drug-likeness (QED) is 0.813. The number of phenolic OH excluding ortho intramolecular Hbond substituents is 1. The Balaban J connectivity index is 2.38. The summed E-state index contributed by atoms with van der Waals surface area (Å²) >= 11 is 3.02. The Kier molecular flexibility index (Phi) is 2.74. The van der Waals surface area contributed by atoms with Gasteiger partial charge in [0.2, 0.25) is 0 Å². The third-order valence-corrected chi connectivity index (χ3v) is 3.29. The Hall–Kier alpha value is -0.610. The van der Waals surface area contributed by atoms with Gasteiger partial charge in [-0.2, -0.15) is 0 Å². The summed E-state index contributed by atoms with van der Waals surface area (Å²) < 4.78 is 13.2. The van der Waals surface area contributed by atoms with Gasteiger partial charge < -0.3 is 10.4 Å². The van der Waals surface area contributed by atoms with Crippen LogP contribution in [0.15, 0.2) is 16.6 Å². The summed E-state index contributed by atoms with van der Waals surface area (Å²) in [4.78, 5) is 0. The zero-order valence-corrected chi connectivity index (χ0v) is 9.14. The van der Waals surface area contributed by atoms with Crippen molar-refractivity contribution in [2.24, 2.45) is 0 Å². The van der Waals surface area contributed by atoms with Crippen molar-refractivity contribution >= 4 is 15.9 Å². The summed E-state index contributed by atoms with van der Waals surface area (Å²) in [6, 6.07) is 3.17. The molecule has 4 heteroatoms. The molecule has 0 aliphatic carbocycles. The van der Waals surface area contributed by atoms with E-state index in [4.69, 9.17) is 0 Å². The van der Waals surface area contributed by atoms with Gasteiger partial charge in [0, 0.05) is 11.6 Å². The smallest absolute Gasteiger partial charge is 0.141 e. The molecule has 0 aromatic heterocycles. The van der Waals surface area contributed by atoms with Gasteiger partial charge in [-0.15, -0.1) is 0 Å². The molecule has 2 nitrogen and oxygen atoms in total. The van der Waals surface area contributed by atoms with Crippen molar-refractivity contribution in [1.29, 1.82) is 0 Å². The maximum atomic E-state index is 13.0. The fraction of sp³-hybridized carbons (Fsp3) is 0.400. The molecule has 1 saturated heterocycles. The molecule has 2 N–H and O–H groups in total. The minimum Gasteiger partial charge on any atom is -0.506 e. The average molecular weight is 260 g/mol. The lowest BCUT2D eigenvalue weighted by Gasteiger charge is -2.13. The summed E-state index contributed by atoms with van der Waals surface area (Å²) in [6.45, 7) is 0.957. The third kappa shape index (κ3) is 1.64. The van der Waals surface area contributed by atoms with E-state index in [0.717, 1.165) is 24.9 Å². The first-order chi connectivity index (χ1) is 6.70. The number of rotatable bonds is 1. The summed E-state index contributed by atoms with van der Waals surface area (Å²) in [6.07, 6.45) is 2.09. The van der Waals surface area contributed by atoms with Gasteiger partial charge in [-0.05, 0) is 41.4 Å². The number of hydrogen-bond acceptors (Lipinski definition) is 2. The zero-order valence-electron chi connectivity index (χ0n) is 7.56. The second-order valence-electron chi connectivity index (χ2n) is 3.45. The molecule has 1 aromatic rings. The van der Waals surface area contributed by atoms with Gasteiger partial charge in [-0.1, -0.05) is 6.07 Å². The first kappa shape index (κ1) is 9.93. The minimum atomic E-state index is -0.427. The molecule has 2 rings (SSSR count). The highest BCUT2D eigenvalue weighted by Crippen LogP contribution is 2.36. The second kappa shape index (κ2) is 3.87. The fourth-order valence-electron chi connectivity index (χ4n) is 1.79. The monoisotopic (exact) mass is 259 g/mol. The minimum absolute atomic E-state index is 0.0180. The topological polar surface area (TPSA) is 32.3 Å². The molecule has 0 saturated carbocycles. The number of hydrogen-bond donors (Lipinski definition) is 2. The predicted molar refractivity (Wildman–Crippen MR) is 55.7 cm³/mol. The van der Waals surface area contributed by atoms with E-state index in [2.05, 4.69) is 21.2 Å². The average Bonchev–Trinajstić information content (AvgIpc) is 2.67. The van der Waals surface area contributed by atoms with Crippen LogP contribution in [0.4, 0.5) is 4.39 Å².